The van der Waals surface area contributed by atoms with Crippen molar-refractivity contribution >= 4 is 5.69 Å². The molecule has 0 aromatic heterocycles. The molecule has 1 aromatic carbocycles. The molecule has 0 atom stereocenters. The van der Waals surface area contributed by atoms with Crippen molar-refractivity contribution in [1.29, 1.82) is 0 Å². The number of hydrogen-bond acceptors (Lipinski definition) is 1. The molecule has 0 aliphatic heterocycles. The summed E-state index contributed by atoms with van der Waals surface area (Å²) in [5, 5.41) is 2.76. The Balaban J connectivity index is 2.75. The summed E-state index contributed by atoms with van der Waals surface area (Å²) in [4.78, 5) is 0. The van der Waals surface area contributed by atoms with E-state index >= 15 is 0 Å². The van der Waals surface area contributed by atoms with Crippen molar-refractivity contribution in [2.75, 3.05) is 5.32 Å². The number of hydrogen-bond donors (Lipinski definition) is 1. The predicted molar refractivity (Wildman–Crippen MR) is 57.4 cm³/mol. The molecule has 0 fully saturated rings. The normalized spacial score (nSPS) is 8.86. The Morgan fingerprint density at radius 2 is 1.86 bits per heavy atom. The zero-order valence-electron chi connectivity index (χ0n) is 7.68. The van der Waals surface area contributed by atoms with Crippen molar-refractivity contribution in [3.05, 3.63) is 54.5 Å². The van der Waals surface area contributed by atoms with E-state index in [-0.39, 0.29) is 5.70 Å². The standard InChI is InChI=1S/C12H10FN/c1-4-11-5-7-12(8-6-11)14-10(3)9(2)13/h1,5-8,14H,2-3H2. The fourth-order valence-corrected chi connectivity index (χ4v) is 0.892. The first-order valence-electron chi connectivity index (χ1n) is 4.01. The van der Waals surface area contributed by atoms with E-state index in [4.69, 9.17) is 6.42 Å². The smallest absolute Gasteiger partial charge is 0.138 e. The highest BCUT2D eigenvalue weighted by Gasteiger charge is 1.98. The molecule has 0 bridgehead atoms. The molecule has 0 heterocycles. The van der Waals surface area contributed by atoms with Gasteiger partial charge in [-0.25, -0.2) is 4.39 Å². The second kappa shape index (κ2) is 4.29. The Kier molecular flexibility index (Phi) is 3.09. The molecule has 0 saturated heterocycles. The van der Waals surface area contributed by atoms with Crippen LogP contribution < -0.4 is 5.32 Å². The topological polar surface area (TPSA) is 12.0 Å². The van der Waals surface area contributed by atoms with Gasteiger partial charge in [0.2, 0.25) is 0 Å². The summed E-state index contributed by atoms with van der Waals surface area (Å²) in [6.07, 6.45) is 5.19. The molecule has 0 unspecified atom stereocenters. The van der Waals surface area contributed by atoms with Gasteiger partial charge in [-0.05, 0) is 24.3 Å². The van der Waals surface area contributed by atoms with Crippen molar-refractivity contribution in [2.24, 2.45) is 0 Å². The van der Waals surface area contributed by atoms with E-state index < -0.39 is 5.83 Å². The second-order valence-electron chi connectivity index (χ2n) is 2.73. The van der Waals surface area contributed by atoms with Gasteiger partial charge < -0.3 is 5.32 Å². The number of allylic oxidation sites excluding steroid dienone is 1. The molecule has 1 nitrogen and oxygen atoms in total. The van der Waals surface area contributed by atoms with Crippen LogP contribution in [0.1, 0.15) is 5.56 Å². The Hall–Kier alpha value is -2.01. The maximum atomic E-state index is 12.5. The molecule has 1 N–H and O–H groups in total. The van der Waals surface area contributed by atoms with Gasteiger partial charge in [-0.3, -0.25) is 0 Å². The van der Waals surface area contributed by atoms with Crippen LogP contribution in [-0.2, 0) is 0 Å². The summed E-state index contributed by atoms with van der Waals surface area (Å²) in [5.41, 5.74) is 1.66. The SMILES string of the molecule is C#Cc1ccc(NC(=C)C(=C)F)cc1. The van der Waals surface area contributed by atoms with E-state index in [0.29, 0.717) is 0 Å². The molecule has 14 heavy (non-hydrogen) atoms. The predicted octanol–water partition coefficient (Wildman–Crippen LogP) is 3.08. The van der Waals surface area contributed by atoms with E-state index in [1.54, 1.807) is 24.3 Å². The number of rotatable bonds is 3. The summed E-state index contributed by atoms with van der Waals surface area (Å²) in [5.74, 6) is 1.91. The van der Waals surface area contributed by atoms with Gasteiger partial charge >= 0.3 is 0 Å². The molecule has 1 aromatic rings. The Bertz CT molecular complexity index is 395. The van der Waals surface area contributed by atoms with Gasteiger partial charge in [0.15, 0.2) is 0 Å². The second-order valence-corrected chi connectivity index (χ2v) is 2.73. The Morgan fingerprint density at radius 1 is 1.29 bits per heavy atom. The van der Waals surface area contributed by atoms with Crippen molar-refractivity contribution in [3.63, 3.8) is 0 Å². The molecule has 0 amide bonds. The number of nitrogens with one attached hydrogen (secondary N) is 1. The average Bonchev–Trinajstić information content (AvgIpc) is 2.19. The van der Waals surface area contributed by atoms with E-state index in [9.17, 15) is 4.39 Å². The zero-order chi connectivity index (χ0) is 10.6. The number of benzene rings is 1. The maximum absolute atomic E-state index is 12.5. The average molecular weight is 187 g/mol. The summed E-state index contributed by atoms with van der Waals surface area (Å²) in [6.45, 7) is 6.59. The van der Waals surface area contributed by atoms with Gasteiger partial charge in [-0.2, -0.15) is 0 Å². The Labute approximate surface area is 83.0 Å². The molecule has 0 aliphatic rings. The third kappa shape index (κ3) is 2.49. The first-order valence-corrected chi connectivity index (χ1v) is 4.01. The first-order chi connectivity index (χ1) is 6.63. The molecule has 0 saturated carbocycles. The van der Waals surface area contributed by atoms with Crippen LogP contribution in [0.15, 0.2) is 48.9 Å². The molecule has 0 aliphatic carbocycles. The third-order valence-electron chi connectivity index (χ3n) is 1.67. The minimum absolute atomic E-state index is 0.151. The molecule has 0 spiro atoms. The van der Waals surface area contributed by atoms with Gasteiger partial charge in [-0.1, -0.05) is 19.1 Å². The molecular weight excluding hydrogens is 177 g/mol. The third-order valence-corrected chi connectivity index (χ3v) is 1.67. The van der Waals surface area contributed by atoms with E-state index in [0.717, 1.165) is 11.3 Å². The van der Waals surface area contributed by atoms with Crippen molar-refractivity contribution in [2.45, 2.75) is 0 Å². The number of terminal acetylenes is 1. The Morgan fingerprint density at radius 3 is 2.29 bits per heavy atom. The van der Waals surface area contributed by atoms with Crippen LogP contribution in [0.4, 0.5) is 10.1 Å². The fourth-order valence-electron chi connectivity index (χ4n) is 0.892. The highest BCUT2D eigenvalue weighted by molar-refractivity contribution is 5.53. The molecule has 70 valence electrons. The lowest BCUT2D eigenvalue weighted by Crippen LogP contribution is -1.97. The zero-order valence-corrected chi connectivity index (χ0v) is 7.68. The number of anilines is 1. The van der Waals surface area contributed by atoms with E-state index in [1.807, 2.05) is 0 Å². The first kappa shape index (κ1) is 10.1. The van der Waals surface area contributed by atoms with Crippen molar-refractivity contribution in [1.82, 2.24) is 0 Å². The molecule has 2 heteroatoms. The van der Waals surface area contributed by atoms with Crippen LogP contribution >= 0.6 is 0 Å². The lowest BCUT2D eigenvalue weighted by atomic mass is 10.2. The molecule has 1 rings (SSSR count). The monoisotopic (exact) mass is 187 g/mol. The van der Waals surface area contributed by atoms with Gasteiger partial charge in [0.25, 0.3) is 0 Å². The maximum Gasteiger partial charge on any atom is 0.138 e. The van der Waals surface area contributed by atoms with Crippen LogP contribution in [0.5, 0.6) is 0 Å². The fraction of sp³-hybridized carbons (Fsp3) is 0. The highest BCUT2D eigenvalue weighted by Crippen LogP contribution is 2.14. The van der Waals surface area contributed by atoms with Crippen LogP contribution in [0, 0.1) is 12.3 Å². The number of halogens is 1. The van der Waals surface area contributed by atoms with E-state index in [2.05, 4.69) is 24.4 Å². The van der Waals surface area contributed by atoms with Gasteiger partial charge in [0, 0.05) is 11.3 Å². The van der Waals surface area contributed by atoms with Crippen LogP contribution in [0.3, 0.4) is 0 Å². The summed E-state index contributed by atoms with van der Waals surface area (Å²) < 4.78 is 12.5. The van der Waals surface area contributed by atoms with Crippen molar-refractivity contribution < 1.29 is 4.39 Å². The molecular formula is C12H10FN. The van der Waals surface area contributed by atoms with Gasteiger partial charge in [0.05, 0.1) is 5.70 Å². The largest absolute Gasteiger partial charge is 0.354 e. The minimum atomic E-state index is -0.578. The minimum Gasteiger partial charge on any atom is -0.354 e. The summed E-state index contributed by atoms with van der Waals surface area (Å²) in [7, 11) is 0. The van der Waals surface area contributed by atoms with Gasteiger partial charge in [-0.15, -0.1) is 6.42 Å². The molecule has 0 radical (unpaired) electrons. The lowest BCUT2D eigenvalue weighted by molar-refractivity contribution is 0.658. The summed E-state index contributed by atoms with van der Waals surface area (Å²) in [6, 6.07) is 7.03. The van der Waals surface area contributed by atoms with E-state index in [1.165, 1.54) is 0 Å². The van der Waals surface area contributed by atoms with Crippen LogP contribution in [-0.4, -0.2) is 0 Å². The van der Waals surface area contributed by atoms with Crippen LogP contribution in [0.25, 0.3) is 0 Å². The lowest BCUT2D eigenvalue weighted by Gasteiger charge is -2.06. The van der Waals surface area contributed by atoms with Gasteiger partial charge in [0.1, 0.15) is 5.83 Å². The summed E-state index contributed by atoms with van der Waals surface area (Å²) >= 11 is 0. The van der Waals surface area contributed by atoms with Crippen molar-refractivity contribution in [3.8, 4) is 12.3 Å². The highest BCUT2D eigenvalue weighted by atomic mass is 19.1. The quantitative estimate of drug-likeness (QED) is 0.566. The van der Waals surface area contributed by atoms with Crippen LogP contribution in [0.2, 0.25) is 0 Å².